The van der Waals surface area contributed by atoms with Crippen molar-refractivity contribution in [1.29, 1.82) is 0 Å². The molecular formula is C23H17Cl4NO3. The average molecular weight is 497 g/mol. The number of ketones is 1. The Morgan fingerprint density at radius 3 is 2.10 bits per heavy atom. The molecule has 8 heteroatoms. The summed E-state index contributed by atoms with van der Waals surface area (Å²) in [5.74, 6) is 0.228. The van der Waals surface area contributed by atoms with Gasteiger partial charge in [0.15, 0.2) is 6.10 Å². The third kappa shape index (κ3) is 6.37. The van der Waals surface area contributed by atoms with Gasteiger partial charge in [0.2, 0.25) is 5.78 Å². The fraction of sp³-hybridized carbons (Fsp3) is 0.130. The van der Waals surface area contributed by atoms with Crippen molar-refractivity contribution in [3.05, 3.63) is 92.9 Å². The van der Waals surface area contributed by atoms with Crippen molar-refractivity contribution in [2.75, 3.05) is 11.2 Å². The van der Waals surface area contributed by atoms with E-state index in [2.05, 4.69) is 5.32 Å². The minimum Gasteiger partial charge on any atom is -0.482 e. The van der Waals surface area contributed by atoms with E-state index in [1.807, 2.05) is 0 Å². The summed E-state index contributed by atoms with van der Waals surface area (Å²) in [6, 6.07) is 17.9. The molecule has 0 heterocycles. The Labute approximate surface area is 200 Å². The minimum atomic E-state index is -0.740. The van der Waals surface area contributed by atoms with Gasteiger partial charge in [-0.1, -0.05) is 34.8 Å². The molecule has 1 atom stereocenters. The number of rotatable bonds is 8. The predicted molar refractivity (Wildman–Crippen MR) is 126 cm³/mol. The number of anilines is 1. The normalized spacial score (nSPS) is 11.6. The molecule has 0 saturated heterocycles. The molecule has 0 radical (unpaired) electrons. The fourth-order valence-corrected chi connectivity index (χ4v) is 3.39. The standard InChI is InChI=1S/C23H17Cl4NO3/c24-12-11-21(22(29)14-1-4-16(25)5-2-14)31-18-8-6-17(7-9-18)28-23(30)15-3-10-19(26)20(27)13-15/h1-10,13,21H,11-12H2,(H,28,30). The highest BCUT2D eigenvalue weighted by atomic mass is 35.5. The number of amides is 1. The third-order valence-electron chi connectivity index (χ3n) is 4.36. The van der Waals surface area contributed by atoms with E-state index in [9.17, 15) is 9.59 Å². The van der Waals surface area contributed by atoms with Crippen LogP contribution in [0.5, 0.6) is 5.75 Å². The molecule has 0 aromatic heterocycles. The molecule has 0 saturated carbocycles. The highest BCUT2D eigenvalue weighted by Gasteiger charge is 2.21. The van der Waals surface area contributed by atoms with Gasteiger partial charge < -0.3 is 10.1 Å². The van der Waals surface area contributed by atoms with E-state index >= 15 is 0 Å². The van der Waals surface area contributed by atoms with Gasteiger partial charge in [-0.05, 0) is 66.7 Å². The molecular weight excluding hydrogens is 480 g/mol. The van der Waals surface area contributed by atoms with Gasteiger partial charge in [-0.3, -0.25) is 9.59 Å². The molecule has 3 aromatic rings. The lowest BCUT2D eigenvalue weighted by atomic mass is 10.0. The van der Waals surface area contributed by atoms with Crippen molar-refractivity contribution >= 4 is 63.8 Å². The van der Waals surface area contributed by atoms with Crippen LogP contribution in [-0.2, 0) is 0 Å². The molecule has 1 N–H and O–H groups in total. The van der Waals surface area contributed by atoms with Gasteiger partial charge in [-0.15, -0.1) is 11.6 Å². The maximum Gasteiger partial charge on any atom is 0.255 e. The summed E-state index contributed by atoms with van der Waals surface area (Å²) in [5.41, 5.74) is 1.43. The molecule has 31 heavy (non-hydrogen) atoms. The van der Waals surface area contributed by atoms with E-state index in [0.717, 1.165) is 0 Å². The first kappa shape index (κ1) is 23.4. The molecule has 0 spiro atoms. The summed E-state index contributed by atoms with van der Waals surface area (Å²) in [4.78, 5) is 25.2. The Morgan fingerprint density at radius 2 is 1.48 bits per heavy atom. The van der Waals surface area contributed by atoms with Crippen LogP contribution in [0.2, 0.25) is 15.1 Å². The first-order chi connectivity index (χ1) is 14.9. The minimum absolute atomic E-state index is 0.186. The summed E-state index contributed by atoms with van der Waals surface area (Å²) in [7, 11) is 0. The lowest BCUT2D eigenvalue weighted by molar-refractivity contribution is 0.0788. The van der Waals surface area contributed by atoms with Gasteiger partial charge in [0, 0.05) is 34.1 Å². The molecule has 4 nitrogen and oxygen atoms in total. The second kappa shape index (κ2) is 10.9. The van der Waals surface area contributed by atoms with Crippen molar-refractivity contribution in [3.8, 4) is 5.75 Å². The number of Topliss-reactive ketones (excluding diaryl/α,β-unsaturated/α-hetero) is 1. The van der Waals surface area contributed by atoms with Crippen LogP contribution in [-0.4, -0.2) is 23.7 Å². The Morgan fingerprint density at radius 1 is 0.839 bits per heavy atom. The lowest BCUT2D eigenvalue weighted by Crippen LogP contribution is -2.28. The van der Waals surface area contributed by atoms with E-state index < -0.39 is 6.10 Å². The van der Waals surface area contributed by atoms with Crippen LogP contribution in [0.25, 0.3) is 0 Å². The first-order valence-electron chi connectivity index (χ1n) is 9.26. The summed E-state index contributed by atoms with van der Waals surface area (Å²) >= 11 is 23.6. The van der Waals surface area contributed by atoms with Gasteiger partial charge in [0.05, 0.1) is 10.0 Å². The predicted octanol–water partition coefficient (Wildman–Crippen LogP) is 7.16. The van der Waals surface area contributed by atoms with Gasteiger partial charge in [0.25, 0.3) is 5.91 Å². The van der Waals surface area contributed by atoms with Crippen LogP contribution >= 0.6 is 46.4 Å². The van der Waals surface area contributed by atoms with Crippen LogP contribution < -0.4 is 10.1 Å². The number of benzene rings is 3. The van der Waals surface area contributed by atoms with E-state index in [-0.39, 0.29) is 17.6 Å². The fourth-order valence-electron chi connectivity index (χ4n) is 2.76. The summed E-state index contributed by atoms with van der Waals surface area (Å²) < 4.78 is 5.86. The Bertz CT molecular complexity index is 1070. The van der Waals surface area contributed by atoms with Gasteiger partial charge in [-0.2, -0.15) is 0 Å². The second-order valence-corrected chi connectivity index (χ2v) is 8.19. The second-order valence-electron chi connectivity index (χ2n) is 6.56. The van der Waals surface area contributed by atoms with Crippen LogP contribution in [0.15, 0.2) is 66.7 Å². The van der Waals surface area contributed by atoms with E-state index in [1.54, 1.807) is 60.7 Å². The number of hydrogen-bond acceptors (Lipinski definition) is 3. The molecule has 3 aromatic carbocycles. The van der Waals surface area contributed by atoms with Crippen LogP contribution in [0.1, 0.15) is 27.1 Å². The van der Waals surface area contributed by atoms with Crippen molar-refractivity contribution in [3.63, 3.8) is 0 Å². The van der Waals surface area contributed by atoms with Crippen molar-refractivity contribution in [1.82, 2.24) is 0 Å². The summed E-state index contributed by atoms with van der Waals surface area (Å²) in [5, 5.41) is 3.99. The van der Waals surface area contributed by atoms with Crippen LogP contribution in [0.4, 0.5) is 5.69 Å². The Hall–Kier alpha value is -2.24. The maximum absolute atomic E-state index is 12.8. The Kier molecular flexibility index (Phi) is 8.22. The van der Waals surface area contributed by atoms with E-state index in [0.29, 0.717) is 44.1 Å². The van der Waals surface area contributed by atoms with Crippen molar-refractivity contribution < 1.29 is 14.3 Å². The molecule has 0 aliphatic heterocycles. The van der Waals surface area contributed by atoms with E-state index in [1.165, 1.54) is 6.07 Å². The molecule has 0 aliphatic rings. The molecule has 0 fully saturated rings. The lowest BCUT2D eigenvalue weighted by Gasteiger charge is -2.17. The monoisotopic (exact) mass is 495 g/mol. The number of carbonyl (C=O) groups excluding carboxylic acids is 2. The molecule has 160 valence electrons. The maximum atomic E-state index is 12.8. The highest BCUT2D eigenvalue weighted by Crippen LogP contribution is 2.24. The van der Waals surface area contributed by atoms with Crippen molar-refractivity contribution in [2.45, 2.75) is 12.5 Å². The number of halogens is 4. The van der Waals surface area contributed by atoms with Gasteiger partial charge in [-0.25, -0.2) is 0 Å². The van der Waals surface area contributed by atoms with Gasteiger partial charge in [0.1, 0.15) is 5.75 Å². The summed E-state index contributed by atoms with van der Waals surface area (Å²) in [6.45, 7) is 0. The number of hydrogen-bond donors (Lipinski definition) is 1. The van der Waals surface area contributed by atoms with Crippen molar-refractivity contribution in [2.24, 2.45) is 0 Å². The highest BCUT2D eigenvalue weighted by molar-refractivity contribution is 6.42. The molecule has 1 unspecified atom stereocenters. The third-order valence-corrected chi connectivity index (χ3v) is 5.57. The zero-order valence-corrected chi connectivity index (χ0v) is 19.1. The molecule has 0 aliphatic carbocycles. The van der Waals surface area contributed by atoms with Crippen LogP contribution in [0.3, 0.4) is 0 Å². The first-order valence-corrected chi connectivity index (χ1v) is 10.9. The van der Waals surface area contributed by atoms with Gasteiger partial charge >= 0.3 is 0 Å². The largest absolute Gasteiger partial charge is 0.482 e. The quantitative estimate of drug-likeness (QED) is 0.266. The van der Waals surface area contributed by atoms with Crippen LogP contribution in [0, 0.1) is 0 Å². The molecule has 0 bridgehead atoms. The average Bonchev–Trinajstić information content (AvgIpc) is 2.76. The number of ether oxygens (including phenoxy) is 1. The molecule has 1 amide bonds. The molecule has 3 rings (SSSR count). The smallest absolute Gasteiger partial charge is 0.255 e. The van der Waals surface area contributed by atoms with E-state index in [4.69, 9.17) is 51.1 Å². The summed E-state index contributed by atoms with van der Waals surface area (Å²) in [6.07, 6.45) is -0.394. The number of alkyl halides is 1. The SMILES string of the molecule is O=C(Nc1ccc(OC(CCCl)C(=O)c2ccc(Cl)cc2)cc1)c1ccc(Cl)c(Cl)c1. The zero-order valence-electron chi connectivity index (χ0n) is 16.1. The zero-order chi connectivity index (χ0) is 22.4. The number of carbonyl (C=O) groups is 2. The topological polar surface area (TPSA) is 55.4 Å². The number of nitrogens with one attached hydrogen (secondary N) is 1. The Balaban J connectivity index is 1.67.